The van der Waals surface area contributed by atoms with Gasteiger partial charge in [-0.2, -0.15) is 0 Å². The van der Waals surface area contributed by atoms with Crippen LogP contribution in [0, 0.1) is 12.7 Å². The molecule has 1 aliphatic heterocycles. The number of nitrogens with two attached hydrogens (primary N) is 1. The molecule has 2 atom stereocenters. The zero-order valence-electron chi connectivity index (χ0n) is 8.96. The fourth-order valence-electron chi connectivity index (χ4n) is 2.21. The van der Waals surface area contributed by atoms with Gasteiger partial charge in [0.1, 0.15) is 5.82 Å². The summed E-state index contributed by atoms with van der Waals surface area (Å²) in [7, 11) is 0. The van der Waals surface area contributed by atoms with Gasteiger partial charge in [0, 0.05) is 12.1 Å². The first-order chi connectivity index (χ1) is 7.16. The summed E-state index contributed by atoms with van der Waals surface area (Å²) < 4.78 is 12.9. The van der Waals surface area contributed by atoms with Crippen LogP contribution in [0.3, 0.4) is 0 Å². The SMILES string of the molecule is Cc1cc(F)ccc1[C@H]1C[C@@H](N)CCN1. The van der Waals surface area contributed by atoms with Gasteiger partial charge in [-0.15, -0.1) is 0 Å². The van der Waals surface area contributed by atoms with Crippen LogP contribution >= 0.6 is 0 Å². The van der Waals surface area contributed by atoms with E-state index in [1.54, 1.807) is 6.07 Å². The third-order valence-electron chi connectivity index (χ3n) is 3.05. The van der Waals surface area contributed by atoms with Crippen molar-refractivity contribution in [2.24, 2.45) is 5.73 Å². The van der Waals surface area contributed by atoms with Gasteiger partial charge < -0.3 is 11.1 Å². The average molecular weight is 208 g/mol. The van der Waals surface area contributed by atoms with Gasteiger partial charge in [-0.25, -0.2) is 4.39 Å². The highest BCUT2D eigenvalue weighted by Gasteiger charge is 2.21. The Morgan fingerprint density at radius 1 is 1.47 bits per heavy atom. The first-order valence-corrected chi connectivity index (χ1v) is 5.42. The van der Waals surface area contributed by atoms with Crippen molar-refractivity contribution in [3.63, 3.8) is 0 Å². The summed E-state index contributed by atoms with van der Waals surface area (Å²) in [6.45, 7) is 2.89. The standard InChI is InChI=1S/C12H17FN2/c1-8-6-9(13)2-3-11(8)12-7-10(14)4-5-15-12/h2-3,6,10,12,15H,4-5,7,14H2,1H3/t10-,12+/m0/s1. The van der Waals surface area contributed by atoms with Crippen LogP contribution in [0.25, 0.3) is 0 Å². The van der Waals surface area contributed by atoms with Crippen LogP contribution in [0.15, 0.2) is 18.2 Å². The van der Waals surface area contributed by atoms with Crippen molar-refractivity contribution in [3.8, 4) is 0 Å². The Kier molecular flexibility index (Phi) is 3.03. The van der Waals surface area contributed by atoms with Gasteiger partial charge in [0.25, 0.3) is 0 Å². The molecule has 2 rings (SSSR count). The van der Waals surface area contributed by atoms with Crippen LogP contribution in [-0.2, 0) is 0 Å². The minimum absolute atomic E-state index is 0.170. The molecule has 0 spiro atoms. The molecule has 1 saturated heterocycles. The molecule has 2 nitrogen and oxygen atoms in total. The number of benzene rings is 1. The number of hydrogen-bond donors (Lipinski definition) is 2. The topological polar surface area (TPSA) is 38.0 Å². The predicted octanol–water partition coefficient (Wildman–Crippen LogP) is 1.89. The van der Waals surface area contributed by atoms with Crippen molar-refractivity contribution >= 4 is 0 Å². The van der Waals surface area contributed by atoms with Crippen LogP contribution in [0.2, 0.25) is 0 Å². The fraction of sp³-hybridized carbons (Fsp3) is 0.500. The van der Waals surface area contributed by atoms with E-state index in [2.05, 4.69) is 5.32 Å². The smallest absolute Gasteiger partial charge is 0.123 e. The number of hydrogen-bond acceptors (Lipinski definition) is 2. The Labute approximate surface area is 89.7 Å². The second-order valence-corrected chi connectivity index (χ2v) is 4.29. The molecule has 1 aromatic carbocycles. The Balaban J connectivity index is 2.21. The average Bonchev–Trinajstić information content (AvgIpc) is 2.17. The van der Waals surface area contributed by atoms with Crippen molar-refractivity contribution < 1.29 is 4.39 Å². The molecular formula is C12H17FN2. The lowest BCUT2D eigenvalue weighted by molar-refractivity contribution is 0.368. The summed E-state index contributed by atoms with van der Waals surface area (Å²) in [5, 5.41) is 3.42. The van der Waals surface area contributed by atoms with Crippen molar-refractivity contribution in [1.29, 1.82) is 0 Å². The maximum absolute atomic E-state index is 12.9. The van der Waals surface area contributed by atoms with E-state index in [1.807, 2.05) is 13.0 Å². The van der Waals surface area contributed by atoms with Crippen molar-refractivity contribution in [2.75, 3.05) is 6.54 Å². The van der Waals surface area contributed by atoms with Gasteiger partial charge in [-0.1, -0.05) is 6.07 Å². The van der Waals surface area contributed by atoms with E-state index in [-0.39, 0.29) is 17.9 Å². The lowest BCUT2D eigenvalue weighted by Gasteiger charge is -2.29. The lowest BCUT2D eigenvalue weighted by Crippen LogP contribution is -2.38. The van der Waals surface area contributed by atoms with E-state index in [9.17, 15) is 4.39 Å². The Hall–Kier alpha value is -0.930. The van der Waals surface area contributed by atoms with Gasteiger partial charge in [-0.3, -0.25) is 0 Å². The molecule has 1 fully saturated rings. The molecule has 1 aliphatic rings. The van der Waals surface area contributed by atoms with Gasteiger partial charge in [0.2, 0.25) is 0 Å². The highest BCUT2D eigenvalue weighted by atomic mass is 19.1. The number of aryl methyl sites for hydroxylation is 1. The molecule has 3 N–H and O–H groups in total. The lowest BCUT2D eigenvalue weighted by atomic mass is 9.92. The Bertz CT molecular complexity index is 351. The van der Waals surface area contributed by atoms with Gasteiger partial charge >= 0.3 is 0 Å². The summed E-state index contributed by atoms with van der Waals surface area (Å²) in [5.74, 6) is -0.170. The number of piperidine rings is 1. The number of rotatable bonds is 1. The first-order valence-electron chi connectivity index (χ1n) is 5.42. The fourth-order valence-corrected chi connectivity index (χ4v) is 2.21. The molecule has 0 aliphatic carbocycles. The summed E-state index contributed by atoms with van der Waals surface area (Å²) in [6, 6.07) is 5.51. The van der Waals surface area contributed by atoms with E-state index in [0.29, 0.717) is 0 Å². The van der Waals surface area contributed by atoms with Crippen molar-refractivity contribution in [2.45, 2.75) is 31.8 Å². The third kappa shape index (κ3) is 2.36. The molecule has 3 heteroatoms. The molecule has 15 heavy (non-hydrogen) atoms. The van der Waals surface area contributed by atoms with Gasteiger partial charge in [0.05, 0.1) is 0 Å². The predicted molar refractivity (Wildman–Crippen MR) is 59.1 cm³/mol. The van der Waals surface area contributed by atoms with E-state index in [1.165, 1.54) is 11.6 Å². The molecule has 0 radical (unpaired) electrons. The largest absolute Gasteiger partial charge is 0.328 e. The van der Waals surface area contributed by atoms with Crippen LogP contribution < -0.4 is 11.1 Å². The summed E-state index contributed by atoms with van der Waals surface area (Å²) in [4.78, 5) is 0. The second kappa shape index (κ2) is 4.29. The zero-order chi connectivity index (χ0) is 10.8. The normalized spacial score (nSPS) is 26.6. The summed E-state index contributed by atoms with van der Waals surface area (Å²) >= 11 is 0. The minimum Gasteiger partial charge on any atom is -0.328 e. The van der Waals surface area contributed by atoms with Crippen LogP contribution in [0.4, 0.5) is 4.39 Å². The molecule has 0 unspecified atom stereocenters. The third-order valence-corrected chi connectivity index (χ3v) is 3.05. The Morgan fingerprint density at radius 3 is 2.93 bits per heavy atom. The highest BCUT2D eigenvalue weighted by Crippen LogP contribution is 2.25. The van der Waals surface area contributed by atoms with E-state index in [4.69, 9.17) is 5.73 Å². The second-order valence-electron chi connectivity index (χ2n) is 4.29. The molecule has 1 heterocycles. The molecule has 1 aromatic rings. The molecular weight excluding hydrogens is 191 g/mol. The quantitative estimate of drug-likeness (QED) is 0.739. The van der Waals surface area contributed by atoms with E-state index >= 15 is 0 Å². The maximum atomic E-state index is 12.9. The summed E-state index contributed by atoms with van der Waals surface area (Å²) in [6.07, 6.45) is 1.96. The highest BCUT2D eigenvalue weighted by molar-refractivity contribution is 5.30. The van der Waals surface area contributed by atoms with Crippen LogP contribution in [0.5, 0.6) is 0 Å². The van der Waals surface area contributed by atoms with Crippen LogP contribution in [0.1, 0.15) is 30.0 Å². The molecule has 82 valence electrons. The minimum atomic E-state index is -0.170. The van der Waals surface area contributed by atoms with Gasteiger partial charge in [0.15, 0.2) is 0 Å². The maximum Gasteiger partial charge on any atom is 0.123 e. The van der Waals surface area contributed by atoms with Gasteiger partial charge in [-0.05, 0) is 49.6 Å². The number of halogens is 1. The van der Waals surface area contributed by atoms with Crippen LogP contribution in [-0.4, -0.2) is 12.6 Å². The molecule has 0 aromatic heterocycles. The van der Waals surface area contributed by atoms with E-state index in [0.717, 1.165) is 24.9 Å². The first kappa shape index (κ1) is 10.6. The Morgan fingerprint density at radius 2 is 2.27 bits per heavy atom. The molecule has 0 saturated carbocycles. The summed E-state index contributed by atoms with van der Waals surface area (Å²) in [5.41, 5.74) is 8.10. The molecule has 0 amide bonds. The van der Waals surface area contributed by atoms with E-state index < -0.39 is 0 Å². The monoisotopic (exact) mass is 208 g/mol. The van der Waals surface area contributed by atoms with Crippen molar-refractivity contribution in [1.82, 2.24) is 5.32 Å². The number of nitrogens with one attached hydrogen (secondary N) is 1. The zero-order valence-corrected chi connectivity index (χ0v) is 8.96. The molecule has 0 bridgehead atoms. The van der Waals surface area contributed by atoms with Crippen molar-refractivity contribution in [3.05, 3.63) is 35.1 Å².